The molecule has 2 aromatic carbocycles. The number of imide groups is 1. The Balaban J connectivity index is 1.66. The van der Waals surface area contributed by atoms with E-state index in [0.717, 1.165) is 5.01 Å². The first-order valence-electron chi connectivity index (χ1n) is 9.30. The van der Waals surface area contributed by atoms with Crippen molar-refractivity contribution >= 4 is 17.8 Å². The van der Waals surface area contributed by atoms with Crippen LogP contribution in [0.4, 0.5) is 9.18 Å². The van der Waals surface area contributed by atoms with Gasteiger partial charge in [-0.3, -0.25) is 19.9 Å². The summed E-state index contributed by atoms with van der Waals surface area (Å²) in [5, 5.41) is 3.44. The highest BCUT2D eigenvalue weighted by Gasteiger charge is 2.52. The van der Waals surface area contributed by atoms with Gasteiger partial charge < -0.3 is 5.32 Å². The lowest BCUT2D eigenvalue weighted by Gasteiger charge is -2.25. The van der Waals surface area contributed by atoms with Gasteiger partial charge in [-0.05, 0) is 36.7 Å². The molecule has 0 unspecified atom stereocenters. The second-order valence-electron chi connectivity index (χ2n) is 7.03. The summed E-state index contributed by atoms with van der Waals surface area (Å²) in [6, 6.07) is 14.3. The zero-order valence-electron chi connectivity index (χ0n) is 16.3. The maximum Gasteiger partial charge on any atom is 0.344 e. The predicted molar refractivity (Wildman–Crippen MR) is 105 cm³/mol. The Hall–Kier alpha value is -3.26. The third-order valence-electron chi connectivity index (χ3n) is 4.88. The first-order valence-corrected chi connectivity index (χ1v) is 9.30. The van der Waals surface area contributed by atoms with Gasteiger partial charge in [0.05, 0.1) is 6.54 Å². The van der Waals surface area contributed by atoms with E-state index in [1.165, 1.54) is 12.1 Å². The summed E-state index contributed by atoms with van der Waals surface area (Å²) >= 11 is 0. The van der Waals surface area contributed by atoms with E-state index in [0.29, 0.717) is 24.1 Å². The molecule has 1 atom stereocenters. The van der Waals surface area contributed by atoms with Crippen molar-refractivity contribution in [3.8, 4) is 0 Å². The van der Waals surface area contributed by atoms with Gasteiger partial charge in [-0.2, -0.15) is 5.01 Å². The summed E-state index contributed by atoms with van der Waals surface area (Å²) < 4.78 is 13.3. The summed E-state index contributed by atoms with van der Waals surface area (Å²) in [5.41, 5.74) is 2.54. The van der Waals surface area contributed by atoms with E-state index < -0.39 is 23.4 Å². The van der Waals surface area contributed by atoms with Gasteiger partial charge in [0.2, 0.25) is 0 Å². The smallest absolute Gasteiger partial charge is 0.318 e. The van der Waals surface area contributed by atoms with Crippen LogP contribution in [-0.2, 0) is 21.7 Å². The lowest BCUT2D eigenvalue weighted by Crippen LogP contribution is -2.50. The van der Waals surface area contributed by atoms with Crippen LogP contribution in [0.3, 0.4) is 0 Å². The van der Waals surface area contributed by atoms with Gasteiger partial charge in [0.25, 0.3) is 11.8 Å². The molecule has 1 heterocycles. The van der Waals surface area contributed by atoms with Crippen LogP contribution in [0.5, 0.6) is 0 Å². The first-order chi connectivity index (χ1) is 13.9. The molecule has 1 aliphatic heterocycles. The van der Waals surface area contributed by atoms with Gasteiger partial charge in [0.1, 0.15) is 11.4 Å². The molecular formula is C21H23FN4O3. The molecule has 0 aromatic heterocycles. The Bertz CT molecular complexity index is 921. The molecule has 1 aliphatic rings. The first kappa shape index (κ1) is 20.5. The topological polar surface area (TPSA) is 81.8 Å². The number of carbonyl (C=O) groups excluding carboxylic acids is 3. The molecule has 1 saturated heterocycles. The number of carbonyl (C=O) groups is 3. The van der Waals surface area contributed by atoms with E-state index in [9.17, 15) is 18.8 Å². The van der Waals surface area contributed by atoms with E-state index in [-0.39, 0.29) is 12.4 Å². The Labute approximate surface area is 168 Å². The number of hydrazine groups is 1. The number of benzene rings is 2. The fourth-order valence-electron chi connectivity index (χ4n) is 3.45. The molecular weight excluding hydrogens is 375 g/mol. The highest BCUT2D eigenvalue weighted by atomic mass is 19.1. The van der Waals surface area contributed by atoms with Crippen LogP contribution in [0.2, 0.25) is 0 Å². The second kappa shape index (κ2) is 8.40. The minimum atomic E-state index is -1.21. The number of nitrogens with zero attached hydrogens (tertiary/aromatic N) is 2. The van der Waals surface area contributed by atoms with Crippen molar-refractivity contribution in [3.05, 3.63) is 71.5 Å². The zero-order valence-corrected chi connectivity index (χ0v) is 16.3. The SMILES string of the molecule is CC[C@@]1(c2ccccc2)NC(=O)N(NC(=O)CN(C)Cc2cccc(F)c2)C1=O. The fraction of sp³-hybridized carbons (Fsp3) is 0.286. The largest absolute Gasteiger partial charge is 0.344 e. The van der Waals surface area contributed by atoms with Crippen molar-refractivity contribution in [1.82, 2.24) is 20.7 Å². The Morgan fingerprint density at radius 3 is 2.55 bits per heavy atom. The summed E-state index contributed by atoms with van der Waals surface area (Å²) in [6.45, 7) is 2.07. The van der Waals surface area contributed by atoms with Gasteiger partial charge >= 0.3 is 6.03 Å². The molecule has 0 spiro atoms. The average Bonchev–Trinajstić information content (AvgIpc) is 2.93. The van der Waals surface area contributed by atoms with Crippen molar-refractivity contribution in [1.29, 1.82) is 0 Å². The third-order valence-corrected chi connectivity index (χ3v) is 4.88. The van der Waals surface area contributed by atoms with Crippen LogP contribution in [-0.4, -0.2) is 41.3 Å². The summed E-state index contributed by atoms with van der Waals surface area (Å²) in [4.78, 5) is 39.5. The van der Waals surface area contributed by atoms with Crippen LogP contribution in [0.15, 0.2) is 54.6 Å². The Morgan fingerprint density at radius 2 is 1.90 bits per heavy atom. The normalized spacial score (nSPS) is 18.8. The van der Waals surface area contributed by atoms with Crippen LogP contribution in [0.1, 0.15) is 24.5 Å². The monoisotopic (exact) mass is 398 g/mol. The molecule has 1 fully saturated rings. The molecule has 7 nitrogen and oxygen atoms in total. The lowest BCUT2D eigenvalue weighted by atomic mass is 9.87. The van der Waals surface area contributed by atoms with Crippen molar-refractivity contribution in [3.63, 3.8) is 0 Å². The molecule has 2 aromatic rings. The van der Waals surface area contributed by atoms with Gasteiger partial charge in [-0.25, -0.2) is 9.18 Å². The number of hydrogen-bond acceptors (Lipinski definition) is 4. The number of hydrogen-bond donors (Lipinski definition) is 2. The highest BCUT2D eigenvalue weighted by molar-refractivity contribution is 6.08. The molecule has 0 aliphatic carbocycles. The van der Waals surface area contributed by atoms with Gasteiger partial charge in [0.15, 0.2) is 0 Å². The summed E-state index contributed by atoms with van der Waals surface area (Å²) in [7, 11) is 1.69. The molecule has 0 saturated carbocycles. The van der Waals surface area contributed by atoms with Gasteiger partial charge in [0, 0.05) is 6.54 Å². The van der Waals surface area contributed by atoms with E-state index in [1.807, 2.05) is 6.07 Å². The molecule has 0 bridgehead atoms. The summed E-state index contributed by atoms with van der Waals surface area (Å²) in [6.07, 6.45) is 0.341. The second-order valence-corrected chi connectivity index (χ2v) is 7.03. The lowest BCUT2D eigenvalue weighted by molar-refractivity contribution is -0.139. The minimum Gasteiger partial charge on any atom is -0.318 e. The average molecular weight is 398 g/mol. The maximum atomic E-state index is 13.3. The van der Waals surface area contributed by atoms with Crippen molar-refractivity contribution in [2.45, 2.75) is 25.4 Å². The molecule has 3 rings (SSSR count). The molecule has 152 valence electrons. The quantitative estimate of drug-likeness (QED) is 0.701. The van der Waals surface area contributed by atoms with E-state index in [1.54, 1.807) is 55.3 Å². The number of rotatable bonds is 7. The van der Waals surface area contributed by atoms with Crippen LogP contribution in [0, 0.1) is 5.82 Å². The Morgan fingerprint density at radius 1 is 1.17 bits per heavy atom. The maximum absolute atomic E-state index is 13.3. The standard InChI is InChI=1S/C21H23FN4O3/c1-3-21(16-9-5-4-6-10-16)19(28)26(20(29)23-21)24-18(27)14-25(2)13-15-8-7-11-17(22)12-15/h4-12H,3,13-14H2,1-2H3,(H,23,29)(H,24,27)/t21-/m0/s1. The number of likely N-dealkylation sites (N-methyl/N-ethyl adjacent to an activating group) is 1. The predicted octanol–water partition coefficient (Wildman–Crippen LogP) is 2.15. The number of amides is 4. The fourth-order valence-corrected chi connectivity index (χ4v) is 3.45. The molecule has 8 heteroatoms. The van der Waals surface area contributed by atoms with E-state index >= 15 is 0 Å². The highest BCUT2D eigenvalue weighted by Crippen LogP contribution is 2.31. The molecule has 4 amide bonds. The van der Waals surface area contributed by atoms with E-state index in [4.69, 9.17) is 0 Å². The molecule has 2 N–H and O–H groups in total. The van der Waals surface area contributed by atoms with Crippen molar-refractivity contribution in [2.75, 3.05) is 13.6 Å². The molecule has 29 heavy (non-hydrogen) atoms. The van der Waals surface area contributed by atoms with Crippen molar-refractivity contribution in [2.24, 2.45) is 0 Å². The number of halogens is 1. The third kappa shape index (κ3) is 4.27. The van der Waals surface area contributed by atoms with Crippen LogP contribution in [0.25, 0.3) is 0 Å². The van der Waals surface area contributed by atoms with Gasteiger partial charge in [-0.15, -0.1) is 0 Å². The van der Waals surface area contributed by atoms with Crippen molar-refractivity contribution < 1.29 is 18.8 Å². The summed E-state index contributed by atoms with van der Waals surface area (Å²) in [5.74, 6) is -1.40. The minimum absolute atomic E-state index is 0.0714. The van der Waals surface area contributed by atoms with Crippen LogP contribution >= 0.6 is 0 Å². The van der Waals surface area contributed by atoms with Crippen LogP contribution < -0.4 is 10.7 Å². The zero-order chi connectivity index (χ0) is 21.0. The number of nitrogens with one attached hydrogen (secondary N) is 2. The van der Waals surface area contributed by atoms with E-state index in [2.05, 4.69) is 10.7 Å². The molecule has 0 radical (unpaired) electrons. The Kier molecular flexibility index (Phi) is 5.93. The van der Waals surface area contributed by atoms with Gasteiger partial charge in [-0.1, -0.05) is 49.4 Å². The number of urea groups is 1.